The average molecular weight is 338 g/mol. The highest BCUT2D eigenvalue weighted by Gasteiger charge is 2.14. The van der Waals surface area contributed by atoms with E-state index in [9.17, 15) is 0 Å². The van der Waals surface area contributed by atoms with Crippen LogP contribution in [0.3, 0.4) is 0 Å². The SMILES string of the molecule is C/C=C\C(=C/C)n1c2ccc(-c3ccc(C)cc3)cc2c2cccnc21. The van der Waals surface area contributed by atoms with Crippen LogP contribution in [-0.2, 0) is 0 Å². The summed E-state index contributed by atoms with van der Waals surface area (Å²) in [5, 5.41) is 2.41. The number of pyridine rings is 1. The second-order valence-corrected chi connectivity index (χ2v) is 6.52. The molecule has 26 heavy (non-hydrogen) atoms. The summed E-state index contributed by atoms with van der Waals surface area (Å²) in [5.74, 6) is 0. The van der Waals surface area contributed by atoms with Crippen LogP contribution in [0.15, 0.2) is 79.0 Å². The van der Waals surface area contributed by atoms with Gasteiger partial charge in [-0.1, -0.05) is 48.0 Å². The van der Waals surface area contributed by atoms with Crippen molar-refractivity contribution in [3.8, 4) is 11.1 Å². The molecule has 0 saturated heterocycles. The first kappa shape index (κ1) is 16.3. The van der Waals surface area contributed by atoms with Crippen LogP contribution in [0.25, 0.3) is 38.8 Å². The van der Waals surface area contributed by atoms with Gasteiger partial charge >= 0.3 is 0 Å². The van der Waals surface area contributed by atoms with Crippen molar-refractivity contribution in [3.63, 3.8) is 0 Å². The molecule has 0 aliphatic carbocycles. The predicted molar refractivity (Wildman–Crippen MR) is 112 cm³/mol. The highest BCUT2D eigenvalue weighted by atomic mass is 15.0. The summed E-state index contributed by atoms with van der Waals surface area (Å²) in [6.07, 6.45) is 8.18. The second-order valence-electron chi connectivity index (χ2n) is 6.52. The van der Waals surface area contributed by atoms with Gasteiger partial charge in [0.25, 0.3) is 0 Å². The van der Waals surface area contributed by atoms with Gasteiger partial charge < -0.3 is 0 Å². The standard InChI is InChI=1S/C24H22N2/c1-4-7-20(5-2)26-23-14-13-19(18-11-9-17(3)10-12-18)16-22(23)21-8-6-15-25-24(21)26/h4-16H,1-3H3/b7-4-,20-5+. The number of fused-ring (bicyclic) bond motifs is 3. The normalized spacial score (nSPS) is 12.5. The lowest BCUT2D eigenvalue weighted by atomic mass is 10.0. The maximum atomic E-state index is 4.67. The minimum atomic E-state index is 0.995. The predicted octanol–water partition coefficient (Wildman–Crippen LogP) is 6.60. The third kappa shape index (κ3) is 2.64. The minimum absolute atomic E-state index is 0.995. The summed E-state index contributed by atoms with van der Waals surface area (Å²) < 4.78 is 2.24. The molecule has 0 aliphatic heterocycles. The Morgan fingerprint density at radius 2 is 1.69 bits per heavy atom. The van der Waals surface area contributed by atoms with Crippen molar-refractivity contribution in [3.05, 3.63) is 84.6 Å². The van der Waals surface area contributed by atoms with Crippen LogP contribution < -0.4 is 0 Å². The number of nitrogens with zero attached hydrogens (tertiary/aromatic N) is 2. The molecule has 0 aliphatic rings. The molecule has 0 N–H and O–H groups in total. The van der Waals surface area contributed by atoms with Gasteiger partial charge in [0, 0.05) is 22.7 Å². The molecule has 0 amide bonds. The Kier molecular flexibility index (Phi) is 4.18. The Bertz CT molecular complexity index is 1140. The summed E-state index contributed by atoms with van der Waals surface area (Å²) in [4.78, 5) is 4.67. The largest absolute Gasteiger partial charge is 0.294 e. The smallest absolute Gasteiger partial charge is 0.145 e. The summed E-state index contributed by atoms with van der Waals surface area (Å²) in [6, 6.07) is 19.5. The van der Waals surface area contributed by atoms with Crippen molar-refractivity contribution in [1.29, 1.82) is 0 Å². The lowest BCUT2D eigenvalue weighted by Crippen LogP contribution is -1.95. The van der Waals surface area contributed by atoms with Crippen LogP contribution in [0.5, 0.6) is 0 Å². The van der Waals surface area contributed by atoms with E-state index >= 15 is 0 Å². The van der Waals surface area contributed by atoms with E-state index < -0.39 is 0 Å². The van der Waals surface area contributed by atoms with Crippen molar-refractivity contribution in [2.24, 2.45) is 0 Å². The van der Waals surface area contributed by atoms with Gasteiger partial charge in [-0.2, -0.15) is 0 Å². The zero-order valence-electron chi connectivity index (χ0n) is 15.4. The molecule has 2 aromatic heterocycles. The zero-order valence-corrected chi connectivity index (χ0v) is 15.4. The molecule has 0 unspecified atom stereocenters. The van der Waals surface area contributed by atoms with Gasteiger partial charge in [-0.3, -0.25) is 4.57 Å². The third-order valence-electron chi connectivity index (χ3n) is 4.80. The Morgan fingerprint density at radius 3 is 2.42 bits per heavy atom. The maximum absolute atomic E-state index is 4.67. The minimum Gasteiger partial charge on any atom is -0.294 e. The number of rotatable bonds is 3. The Balaban J connectivity index is 2.02. The van der Waals surface area contributed by atoms with E-state index in [4.69, 9.17) is 0 Å². The van der Waals surface area contributed by atoms with Crippen LogP contribution in [0.4, 0.5) is 0 Å². The molecule has 4 aromatic rings. The topological polar surface area (TPSA) is 17.8 Å². The van der Waals surface area contributed by atoms with Crippen LogP contribution in [0.2, 0.25) is 0 Å². The zero-order chi connectivity index (χ0) is 18.1. The van der Waals surface area contributed by atoms with Gasteiger partial charge in [-0.05, 0) is 62.2 Å². The monoisotopic (exact) mass is 338 g/mol. The first-order valence-electron chi connectivity index (χ1n) is 8.98. The number of hydrogen-bond acceptors (Lipinski definition) is 1. The van der Waals surface area contributed by atoms with E-state index in [2.05, 4.69) is 90.2 Å². The van der Waals surface area contributed by atoms with Gasteiger partial charge in [0.1, 0.15) is 5.65 Å². The molecule has 0 fully saturated rings. The lowest BCUT2D eigenvalue weighted by molar-refractivity contribution is 1.17. The van der Waals surface area contributed by atoms with E-state index in [0.717, 1.165) is 11.3 Å². The summed E-state index contributed by atoms with van der Waals surface area (Å²) in [7, 11) is 0. The summed E-state index contributed by atoms with van der Waals surface area (Å²) in [5.41, 5.74) is 7.06. The van der Waals surface area contributed by atoms with Gasteiger partial charge in [-0.25, -0.2) is 4.98 Å². The van der Waals surface area contributed by atoms with Crippen molar-refractivity contribution in [2.45, 2.75) is 20.8 Å². The number of allylic oxidation sites excluding steroid dienone is 4. The number of aryl methyl sites for hydroxylation is 1. The fraction of sp³-hybridized carbons (Fsp3) is 0.125. The molecule has 2 heterocycles. The molecule has 0 spiro atoms. The van der Waals surface area contributed by atoms with E-state index in [1.54, 1.807) is 0 Å². The molecule has 0 saturated carbocycles. The van der Waals surface area contributed by atoms with Crippen LogP contribution in [-0.4, -0.2) is 9.55 Å². The van der Waals surface area contributed by atoms with Gasteiger partial charge in [-0.15, -0.1) is 0 Å². The van der Waals surface area contributed by atoms with Gasteiger partial charge in [0.15, 0.2) is 0 Å². The van der Waals surface area contributed by atoms with E-state index in [0.29, 0.717) is 0 Å². The fourth-order valence-corrected chi connectivity index (χ4v) is 3.50. The van der Waals surface area contributed by atoms with Crippen molar-refractivity contribution >= 4 is 27.6 Å². The molecule has 4 rings (SSSR count). The first-order valence-corrected chi connectivity index (χ1v) is 8.98. The Morgan fingerprint density at radius 1 is 0.923 bits per heavy atom. The van der Waals surface area contributed by atoms with Gasteiger partial charge in [0.05, 0.1) is 5.52 Å². The summed E-state index contributed by atoms with van der Waals surface area (Å²) in [6.45, 7) is 6.23. The molecule has 128 valence electrons. The number of benzene rings is 2. The third-order valence-corrected chi connectivity index (χ3v) is 4.80. The number of aromatic nitrogens is 2. The van der Waals surface area contributed by atoms with E-state index in [1.165, 1.54) is 33.0 Å². The highest BCUT2D eigenvalue weighted by molar-refractivity contribution is 6.10. The van der Waals surface area contributed by atoms with Crippen molar-refractivity contribution in [2.75, 3.05) is 0 Å². The Hall–Kier alpha value is -3.13. The highest BCUT2D eigenvalue weighted by Crippen LogP contribution is 2.34. The lowest BCUT2D eigenvalue weighted by Gasteiger charge is -2.08. The fourth-order valence-electron chi connectivity index (χ4n) is 3.50. The van der Waals surface area contributed by atoms with Crippen LogP contribution >= 0.6 is 0 Å². The molecule has 2 heteroatoms. The van der Waals surface area contributed by atoms with Crippen LogP contribution in [0.1, 0.15) is 19.4 Å². The van der Waals surface area contributed by atoms with E-state index in [1.807, 2.05) is 19.2 Å². The quantitative estimate of drug-likeness (QED) is 0.385. The summed E-state index contributed by atoms with van der Waals surface area (Å²) >= 11 is 0. The molecule has 0 atom stereocenters. The van der Waals surface area contributed by atoms with Crippen molar-refractivity contribution < 1.29 is 0 Å². The molecule has 0 radical (unpaired) electrons. The molecular weight excluding hydrogens is 316 g/mol. The van der Waals surface area contributed by atoms with Crippen LogP contribution in [0, 0.1) is 6.92 Å². The molecule has 0 bridgehead atoms. The first-order chi connectivity index (χ1) is 12.7. The average Bonchev–Trinajstić information content (AvgIpc) is 3.00. The molecule has 2 aromatic carbocycles. The Labute approximate surface area is 154 Å². The maximum Gasteiger partial charge on any atom is 0.145 e. The van der Waals surface area contributed by atoms with E-state index in [-0.39, 0.29) is 0 Å². The number of hydrogen-bond donors (Lipinski definition) is 0. The van der Waals surface area contributed by atoms with Gasteiger partial charge in [0.2, 0.25) is 0 Å². The second kappa shape index (κ2) is 6.64. The molecular formula is C24H22N2. The van der Waals surface area contributed by atoms with Crippen molar-refractivity contribution in [1.82, 2.24) is 9.55 Å². The molecule has 2 nitrogen and oxygen atoms in total.